The maximum absolute atomic E-state index is 14.0. The fraction of sp³-hybridized carbons (Fsp3) is 0.350. The number of rotatable bonds is 4. The van der Waals surface area contributed by atoms with Crippen molar-refractivity contribution in [2.24, 2.45) is 0 Å². The van der Waals surface area contributed by atoms with Crippen molar-refractivity contribution in [3.8, 4) is 11.5 Å². The van der Waals surface area contributed by atoms with E-state index in [-0.39, 0.29) is 42.8 Å². The molecule has 1 fully saturated rings. The maximum Gasteiger partial charge on any atom is 0.433 e. The lowest BCUT2D eigenvalue weighted by molar-refractivity contribution is -0.141. The normalized spacial score (nSPS) is 16.1. The number of alkyl halides is 5. The van der Waals surface area contributed by atoms with E-state index in [2.05, 4.69) is 30.2 Å². The molecule has 1 saturated heterocycles. The molecule has 1 aliphatic heterocycles. The molecule has 7 nitrogen and oxygen atoms in total. The van der Waals surface area contributed by atoms with Crippen molar-refractivity contribution in [1.82, 2.24) is 24.9 Å². The van der Waals surface area contributed by atoms with Crippen LogP contribution in [0.2, 0.25) is 0 Å². The van der Waals surface area contributed by atoms with E-state index in [4.69, 9.17) is 0 Å². The highest BCUT2D eigenvalue weighted by Crippen LogP contribution is 2.31. The summed E-state index contributed by atoms with van der Waals surface area (Å²) in [7, 11) is 0. The molecular weight excluding hydrogens is 433 g/mol. The van der Waals surface area contributed by atoms with Gasteiger partial charge in [-0.05, 0) is 37.6 Å². The summed E-state index contributed by atoms with van der Waals surface area (Å²) in [5.74, 6) is -3.16. The molecule has 0 bridgehead atoms. The number of nitrogens with zero attached hydrogens (tertiary/aromatic N) is 6. The highest BCUT2D eigenvalue weighted by atomic mass is 19.4. The Hall–Kier alpha value is -3.44. The maximum atomic E-state index is 14.0. The van der Waals surface area contributed by atoms with E-state index < -0.39 is 24.3 Å². The molecule has 1 aliphatic rings. The molecule has 4 rings (SSSR count). The lowest BCUT2D eigenvalue weighted by Gasteiger charge is -2.32. The average molecular weight is 451 g/mol. The molecule has 3 aromatic rings. The summed E-state index contributed by atoms with van der Waals surface area (Å²) in [5, 5.41) is 2.93. The highest BCUT2D eigenvalue weighted by Gasteiger charge is 2.37. The van der Waals surface area contributed by atoms with Crippen LogP contribution in [0.4, 0.5) is 39.5 Å². The summed E-state index contributed by atoms with van der Waals surface area (Å²) in [4.78, 5) is 21.6. The average Bonchev–Trinajstić information content (AvgIpc) is 2.72. The molecule has 0 amide bonds. The standard InChI is InChI=1S/C20H18F5N7/c1-12-10-13(6-8-26-12)27-17-29-16(14-4-2-5-15(28-14)20(23,24)25)30-18(31-17)32-9-3-7-19(21,22)11-32/h2,4-6,8,10H,3,7,9,11H2,1H3,(H,26,27,29,30,31). The predicted octanol–water partition coefficient (Wildman–Crippen LogP) is 4.63. The second kappa shape index (κ2) is 8.24. The van der Waals surface area contributed by atoms with Crippen LogP contribution in [0.1, 0.15) is 24.2 Å². The van der Waals surface area contributed by atoms with Crippen LogP contribution in [0.25, 0.3) is 11.5 Å². The van der Waals surface area contributed by atoms with Crippen LogP contribution in [0.5, 0.6) is 0 Å². The van der Waals surface area contributed by atoms with E-state index in [1.165, 1.54) is 17.0 Å². The zero-order valence-corrected chi connectivity index (χ0v) is 16.9. The summed E-state index contributed by atoms with van der Waals surface area (Å²) in [6.45, 7) is 1.46. The Kier molecular flexibility index (Phi) is 5.61. The van der Waals surface area contributed by atoms with Gasteiger partial charge < -0.3 is 10.2 Å². The summed E-state index contributed by atoms with van der Waals surface area (Å²) in [6.07, 6.45) is -3.13. The van der Waals surface area contributed by atoms with Crippen LogP contribution in [-0.4, -0.2) is 43.9 Å². The van der Waals surface area contributed by atoms with Crippen LogP contribution in [0.15, 0.2) is 36.5 Å². The molecule has 0 unspecified atom stereocenters. The predicted molar refractivity (Wildman–Crippen MR) is 107 cm³/mol. The minimum atomic E-state index is -4.66. The molecule has 168 valence electrons. The Morgan fingerprint density at radius 3 is 2.59 bits per heavy atom. The number of aromatic nitrogens is 5. The van der Waals surface area contributed by atoms with E-state index in [1.807, 2.05) is 0 Å². The van der Waals surface area contributed by atoms with Crippen LogP contribution >= 0.6 is 0 Å². The molecule has 4 heterocycles. The molecule has 0 saturated carbocycles. The van der Waals surface area contributed by atoms with Gasteiger partial charge in [0.05, 0.1) is 6.54 Å². The van der Waals surface area contributed by atoms with Crippen molar-refractivity contribution in [3.05, 3.63) is 47.9 Å². The molecule has 3 aromatic heterocycles. The largest absolute Gasteiger partial charge is 0.433 e. The second-order valence-electron chi connectivity index (χ2n) is 7.38. The summed E-state index contributed by atoms with van der Waals surface area (Å²) < 4.78 is 67.3. The molecule has 32 heavy (non-hydrogen) atoms. The first-order chi connectivity index (χ1) is 15.1. The number of hydrogen-bond acceptors (Lipinski definition) is 7. The molecule has 12 heteroatoms. The van der Waals surface area contributed by atoms with E-state index >= 15 is 0 Å². The number of nitrogens with one attached hydrogen (secondary N) is 1. The first-order valence-electron chi connectivity index (χ1n) is 9.72. The quantitative estimate of drug-likeness (QED) is 0.579. The van der Waals surface area contributed by atoms with Gasteiger partial charge in [-0.3, -0.25) is 4.98 Å². The van der Waals surface area contributed by atoms with Gasteiger partial charge in [0.25, 0.3) is 5.92 Å². The van der Waals surface area contributed by atoms with Crippen molar-refractivity contribution >= 4 is 17.6 Å². The number of halogens is 5. The zero-order valence-electron chi connectivity index (χ0n) is 16.9. The smallest absolute Gasteiger partial charge is 0.335 e. The van der Waals surface area contributed by atoms with Gasteiger partial charge in [0.15, 0.2) is 5.82 Å². The Labute approximate surface area is 179 Å². The van der Waals surface area contributed by atoms with Crippen LogP contribution in [-0.2, 0) is 6.18 Å². The van der Waals surface area contributed by atoms with E-state index in [1.54, 1.807) is 25.3 Å². The van der Waals surface area contributed by atoms with Crippen LogP contribution in [0.3, 0.4) is 0 Å². The first-order valence-corrected chi connectivity index (χ1v) is 9.72. The SMILES string of the molecule is Cc1cc(Nc2nc(-c3cccc(C(F)(F)F)n3)nc(N3CCCC(F)(F)C3)n2)ccn1. The van der Waals surface area contributed by atoms with Gasteiger partial charge in [-0.2, -0.15) is 28.1 Å². The van der Waals surface area contributed by atoms with Gasteiger partial charge in [0, 0.05) is 30.5 Å². The summed E-state index contributed by atoms with van der Waals surface area (Å²) in [5.41, 5.74) is 0.0169. The first kappa shape index (κ1) is 21.8. The third-order valence-corrected chi connectivity index (χ3v) is 4.72. The third-order valence-electron chi connectivity index (χ3n) is 4.72. The minimum Gasteiger partial charge on any atom is -0.335 e. The van der Waals surface area contributed by atoms with Gasteiger partial charge in [0.1, 0.15) is 11.4 Å². The van der Waals surface area contributed by atoms with Crippen LogP contribution in [0, 0.1) is 6.92 Å². The highest BCUT2D eigenvalue weighted by molar-refractivity contribution is 5.59. The van der Waals surface area contributed by atoms with E-state index in [0.29, 0.717) is 11.4 Å². The fourth-order valence-corrected chi connectivity index (χ4v) is 3.28. The van der Waals surface area contributed by atoms with E-state index in [0.717, 1.165) is 6.07 Å². The van der Waals surface area contributed by atoms with Crippen molar-refractivity contribution in [2.75, 3.05) is 23.3 Å². The van der Waals surface area contributed by atoms with Gasteiger partial charge in [0.2, 0.25) is 11.9 Å². The lowest BCUT2D eigenvalue weighted by atomic mass is 10.1. The van der Waals surface area contributed by atoms with Crippen molar-refractivity contribution in [1.29, 1.82) is 0 Å². The minimum absolute atomic E-state index is 0.0105. The molecule has 1 N–H and O–H groups in total. The van der Waals surface area contributed by atoms with E-state index in [9.17, 15) is 22.0 Å². The van der Waals surface area contributed by atoms with Crippen molar-refractivity contribution in [3.63, 3.8) is 0 Å². The Morgan fingerprint density at radius 1 is 1.06 bits per heavy atom. The second-order valence-corrected chi connectivity index (χ2v) is 7.38. The topological polar surface area (TPSA) is 79.7 Å². The lowest BCUT2D eigenvalue weighted by Crippen LogP contribution is -2.43. The van der Waals surface area contributed by atoms with Gasteiger partial charge in [-0.15, -0.1) is 0 Å². The molecule has 0 aliphatic carbocycles. The van der Waals surface area contributed by atoms with Gasteiger partial charge in [-0.1, -0.05) is 6.07 Å². The molecular formula is C20H18F5N7. The molecule has 0 aromatic carbocycles. The van der Waals surface area contributed by atoms with Crippen LogP contribution < -0.4 is 10.2 Å². The Bertz CT molecular complexity index is 1120. The molecule has 0 atom stereocenters. The van der Waals surface area contributed by atoms with Gasteiger partial charge in [-0.25, -0.2) is 13.8 Å². The Balaban J connectivity index is 1.77. The third kappa shape index (κ3) is 5.06. The fourth-order valence-electron chi connectivity index (χ4n) is 3.28. The zero-order chi connectivity index (χ0) is 22.9. The van der Waals surface area contributed by atoms with Crippen molar-refractivity contribution in [2.45, 2.75) is 31.9 Å². The Morgan fingerprint density at radius 2 is 1.88 bits per heavy atom. The number of aryl methyl sites for hydroxylation is 1. The number of anilines is 3. The number of pyridine rings is 2. The molecule has 0 spiro atoms. The summed E-state index contributed by atoms with van der Waals surface area (Å²) in [6, 6.07) is 6.69. The molecule has 0 radical (unpaired) electrons. The van der Waals surface area contributed by atoms with Gasteiger partial charge >= 0.3 is 6.18 Å². The number of piperidine rings is 1. The monoisotopic (exact) mass is 451 g/mol. The van der Waals surface area contributed by atoms with Crippen molar-refractivity contribution < 1.29 is 22.0 Å². The summed E-state index contributed by atoms with van der Waals surface area (Å²) >= 11 is 0. The number of hydrogen-bond donors (Lipinski definition) is 1.